The quantitative estimate of drug-likeness (QED) is 0.373. The highest BCUT2D eigenvalue weighted by Gasteiger charge is 2.21. The van der Waals surface area contributed by atoms with Crippen molar-refractivity contribution in [3.05, 3.63) is 0 Å². The van der Waals surface area contributed by atoms with Gasteiger partial charge in [0, 0.05) is 5.92 Å². The van der Waals surface area contributed by atoms with E-state index in [9.17, 15) is 4.79 Å². The van der Waals surface area contributed by atoms with Crippen molar-refractivity contribution in [3.63, 3.8) is 0 Å². The molecule has 70 valence electrons. The van der Waals surface area contributed by atoms with Crippen molar-refractivity contribution in [2.24, 2.45) is 5.92 Å². The first-order chi connectivity index (χ1) is 5.84. The summed E-state index contributed by atoms with van der Waals surface area (Å²) in [5.41, 5.74) is 0. The van der Waals surface area contributed by atoms with Crippen molar-refractivity contribution in [2.75, 3.05) is 26.3 Å². The van der Waals surface area contributed by atoms with Crippen LogP contribution in [0.2, 0.25) is 0 Å². The Morgan fingerprint density at radius 1 is 1.58 bits per heavy atom. The molecule has 0 aromatic carbocycles. The Morgan fingerprint density at radius 2 is 2.42 bits per heavy atom. The minimum Gasteiger partial charge on any atom is -0.310 e. The molecule has 1 rings (SSSR count). The Labute approximate surface area is 72.2 Å². The predicted molar refractivity (Wildman–Crippen MR) is 43.6 cm³/mol. The van der Waals surface area contributed by atoms with Crippen molar-refractivity contribution < 1.29 is 14.6 Å². The number of rotatable bonds is 4. The summed E-state index contributed by atoms with van der Waals surface area (Å²) in [6.07, 6.45) is 0.853. The Kier molecular flexibility index (Phi) is 4.21. The second kappa shape index (κ2) is 5.24. The van der Waals surface area contributed by atoms with Gasteiger partial charge in [-0.05, 0) is 19.9 Å². The molecule has 1 saturated heterocycles. The van der Waals surface area contributed by atoms with Crippen LogP contribution < -0.4 is 5.32 Å². The molecule has 1 aliphatic heterocycles. The molecule has 1 aliphatic rings. The van der Waals surface area contributed by atoms with Gasteiger partial charge in [0.2, 0.25) is 0 Å². The Morgan fingerprint density at radius 3 is 3.08 bits per heavy atom. The molecular weight excluding hydrogens is 158 g/mol. The van der Waals surface area contributed by atoms with Gasteiger partial charge in [0.25, 0.3) is 0 Å². The van der Waals surface area contributed by atoms with Gasteiger partial charge in [-0.2, -0.15) is 0 Å². The van der Waals surface area contributed by atoms with E-state index in [1.54, 1.807) is 0 Å². The van der Waals surface area contributed by atoms with Crippen molar-refractivity contribution in [1.82, 2.24) is 5.32 Å². The Balaban J connectivity index is 2.16. The summed E-state index contributed by atoms with van der Waals surface area (Å²) in [5, 5.41) is 3.01. The lowest BCUT2D eigenvalue weighted by atomic mass is 9.98. The molecule has 1 atom stereocenters. The number of nitrogens with one attached hydrogen (secondary N) is 1. The van der Waals surface area contributed by atoms with Crippen molar-refractivity contribution in [2.45, 2.75) is 13.3 Å². The minimum atomic E-state index is 0.0257. The van der Waals surface area contributed by atoms with Gasteiger partial charge in [-0.3, -0.25) is 4.79 Å². The zero-order chi connectivity index (χ0) is 8.81. The van der Waals surface area contributed by atoms with Crippen molar-refractivity contribution >= 4 is 5.78 Å². The molecule has 0 aromatic rings. The molecule has 1 fully saturated rings. The Hall–Kier alpha value is -0.450. The van der Waals surface area contributed by atoms with E-state index < -0.39 is 0 Å². The van der Waals surface area contributed by atoms with Gasteiger partial charge in [-0.1, -0.05) is 0 Å². The normalized spacial score (nSPS) is 24.4. The molecule has 0 amide bonds. The van der Waals surface area contributed by atoms with E-state index in [0.29, 0.717) is 19.8 Å². The smallest absolute Gasteiger partial charge is 0.152 e. The van der Waals surface area contributed by atoms with Crippen LogP contribution in [-0.4, -0.2) is 32.1 Å². The van der Waals surface area contributed by atoms with Crippen LogP contribution in [0.5, 0.6) is 0 Å². The average Bonchev–Trinajstić information content (AvgIpc) is 2.09. The lowest BCUT2D eigenvalue weighted by Crippen LogP contribution is -2.38. The van der Waals surface area contributed by atoms with Crippen LogP contribution in [0.4, 0.5) is 0 Å². The first kappa shape index (κ1) is 9.64. The molecule has 4 nitrogen and oxygen atoms in total. The zero-order valence-electron chi connectivity index (χ0n) is 7.34. The first-order valence-electron chi connectivity index (χ1n) is 4.32. The Bertz CT molecular complexity index is 149. The van der Waals surface area contributed by atoms with E-state index in [4.69, 9.17) is 9.78 Å². The van der Waals surface area contributed by atoms with E-state index in [-0.39, 0.29) is 11.7 Å². The van der Waals surface area contributed by atoms with Gasteiger partial charge < -0.3 is 5.32 Å². The standard InChI is InChI=1S/C8H15NO3/c1-2-11-12-6-7-3-4-9-5-8(7)10/h7,9H,2-6H2,1H3. The van der Waals surface area contributed by atoms with E-state index in [0.717, 1.165) is 13.0 Å². The van der Waals surface area contributed by atoms with Crippen LogP contribution in [0.1, 0.15) is 13.3 Å². The summed E-state index contributed by atoms with van der Waals surface area (Å²) < 4.78 is 0. The lowest BCUT2D eigenvalue weighted by Gasteiger charge is -2.20. The van der Waals surface area contributed by atoms with Crippen molar-refractivity contribution in [3.8, 4) is 0 Å². The molecular formula is C8H15NO3. The maximum absolute atomic E-state index is 11.2. The maximum Gasteiger partial charge on any atom is 0.152 e. The summed E-state index contributed by atoms with van der Waals surface area (Å²) >= 11 is 0. The van der Waals surface area contributed by atoms with Gasteiger partial charge in [0.05, 0.1) is 19.8 Å². The summed E-state index contributed by atoms with van der Waals surface area (Å²) in [6, 6.07) is 0. The second-order valence-corrected chi connectivity index (χ2v) is 2.82. The van der Waals surface area contributed by atoms with Gasteiger partial charge in [0.1, 0.15) is 0 Å². The van der Waals surface area contributed by atoms with Crippen molar-refractivity contribution in [1.29, 1.82) is 0 Å². The molecule has 1 unspecified atom stereocenters. The molecule has 0 saturated carbocycles. The molecule has 4 heteroatoms. The van der Waals surface area contributed by atoms with E-state index in [1.165, 1.54) is 0 Å². The van der Waals surface area contributed by atoms with Gasteiger partial charge in [-0.15, -0.1) is 0 Å². The molecule has 1 N–H and O–H groups in total. The third-order valence-electron chi connectivity index (χ3n) is 1.89. The number of piperidine rings is 1. The first-order valence-corrected chi connectivity index (χ1v) is 4.32. The average molecular weight is 173 g/mol. The predicted octanol–water partition coefficient (Wildman–Crippen LogP) is 0.133. The number of Topliss-reactive ketones (excluding diaryl/α,β-unsaturated/α-hetero) is 1. The van der Waals surface area contributed by atoms with E-state index in [1.807, 2.05) is 6.92 Å². The molecule has 0 spiro atoms. The van der Waals surface area contributed by atoms with Gasteiger partial charge >= 0.3 is 0 Å². The largest absolute Gasteiger partial charge is 0.310 e. The fourth-order valence-electron chi connectivity index (χ4n) is 1.18. The SMILES string of the molecule is CCOOCC1CCNCC1=O. The van der Waals surface area contributed by atoms with Crippen LogP contribution in [0.3, 0.4) is 0 Å². The number of carbonyl (C=O) groups excluding carboxylic acids is 1. The highest BCUT2D eigenvalue weighted by molar-refractivity contribution is 5.83. The summed E-state index contributed by atoms with van der Waals surface area (Å²) in [7, 11) is 0. The van der Waals surface area contributed by atoms with Crippen LogP contribution in [0.25, 0.3) is 0 Å². The molecule has 1 heterocycles. The van der Waals surface area contributed by atoms with Crippen LogP contribution >= 0.6 is 0 Å². The van der Waals surface area contributed by atoms with E-state index in [2.05, 4.69) is 5.32 Å². The number of hydrogen-bond acceptors (Lipinski definition) is 4. The monoisotopic (exact) mass is 173 g/mol. The fourth-order valence-corrected chi connectivity index (χ4v) is 1.18. The van der Waals surface area contributed by atoms with Crippen LogP contribution in [0, 0.1) is 5.92 Å². The molecule has 0 radical (unpaired) electrons. The molecule has 0 aromatic heterocycles. The highest BCUT2D eigenvalue weighted by Crippen LogP contribution is 2.08. The topological polar surface area (TPSA) is 47.6 Å². The third-order valence-corrected chi connectivity index (χ3v) is 1.89. The summed E-state index contributed by atoms with van der Waals surface area (Å²) in [6.45, 7) is 4.14. The zero-order valence-corrected chi connectivity index (χ0v) is 7.34. The summed E-state index contributed by atoms with van der Waals surface area (Å²) in [5.74, 6) is 0.249. The number of carbonyl (C=O) groups is 1. The number of ketones is 1. The lowest BCUT2D eigenvalue weighted by molar-refractivity contribution is -0.296. The van der Waals surface area contributed by atoms with Gasteiger partial charge in [-0.25, -0.2) is 9.78 Å². The molecule has 0 bridgehead atoms. The van der Waals surface area contributed by atoms with Crippen LogP contribution in [-0.2, 0) is 14.6 Å². The molecule has 12 heavy (non-hydrogen) atoms. The summed E-state index contributed by atoms with van der Waals surface area (Å²) in [4.78, 5) is 20.7. The molecule has 0 aliphatic carbocycles. The fraction of sp³-hybridized carbons (Fsp3) is 0.875. The number of hydrogen-bond donors (Lipinski definition) is 1. The van der Waals surface area contributed by atoms with Gasteiger partial charge in [0.15, 0.2) is 5.78 Å². The van der Waals surface area contributed by atoms with E-state index >= 15 is 0 Å². The van der Waals surface area contributed by atoms with Crippen LogP contribution in [0.15, 0.2) is 0 Å². The second-order valence-electron chi connectivity index (χ2n) is 2.82. The minimum absolute atomic E-state index is 0.0257. The third kappa shape index (κ3) is 2.89. The highest BCUT2D eigenvalue weighted by atomic mass is 17.2. The maximum atomic E-state index is 11.2.